The maximum atomic E-state index is 13.7. The molecule has 1 amide bonds. The molecule has 0 bridgehead atoms. The van der Waals surface area contributed by atoms with E-state index in [1.165, 1.54) is 24.3 Å². The first kappa shape index (κ1) is 15.7. The van der Waals surface area contributed by atoms with Crippen molar-refractivity contribution in [2.45, 2.75) is 6.61 Å². The van der Waals surface area contributed by atoms with E-state index in [-0.39, 0.29) is 13.2 Å². The van der Waals surface area contributed by atoms with Crippen molar-refractivity contribution in [2.24, 2.45) is 0 Å². The van der Waals surface area contributed by atoms with Gasteiger partial charge in [-0.05, 0) is 23.8 Å². The number of anilines is 1. The minimum absolute atomic E-state index is 0.145. The molecule has 0 aliphatic carbocycles. The number of amides is 1. The summed E-state index contributed by atoms with van der Waals surface area (Å²) in [5.41, 5.74) is 1.50. The van der Waals surface area contributed by atoms with Gasteiger partial charge in [0.25, 0.3) is 0 Å². The Kier molecular flexibility index (Phi) is 5.68. The largest absolute Gasteiger partial charge is 0.444 e. The van der Waals surface area contributed by atoms with E-state index in [9.17, 15) is 9.18 Å². The Morgan fingerprint density at radius 3 is 2.68 bits per heavy atom. The number of rotatable bonds is 5. The Morgan fingerprint density at radius 1 is 1.23 bits per heavy atom. The van der Waals surface area contributed by atoms with Crippen molar-refractivity contribution < 1.29 is 19.0 Å². The summed E-state index contributed by atoms with van der Waals surface area (Å²) in [7, 11) is 0. The van der Waals surface area contributed by atoms with Crippen LogP contribution in [0.3, 0.4) is 0 Å². The third-order valence-electron chi connectivity index (χ3n) is 2.86. The van der Waals surface area contributed by atoms with E-state index in [2.05, 4.69) is 5.32 Å². The van der Waals surface area contributed by atoms with Crippen LogP contribution in [-0.4, -0.2) is 17.8 Å². The van der Waals surface area contributed by atoms with Crippen LogP contribution >= 0.6 is 0 Å². The lowest BCUT2D eigenvalue weighted by Gasteiger charge is -2.08. The van der Waals surface area contributed by atoms with Gasteiger partial charge in [0.15, 0.2) is 0 Å². The van der Waals surface area contributed by atoms with Gasteiger partial charge in [0.1, 0.15) is 12.4 Å². The highest BCUT2D eigenvalue weighted by Gasteiger charge is 2.06. The summed E-state index contributed by atoms with van der Waals surface area (Å²) in [6.45, 7) is -0.0161. The number of carbonyl (C=O) groups excluding carboxylic acids is 1. The van der Waals surface area contributed by atoms with Gasteiger partial charge in [-0.3, -0.25) is 5.32 Å². The predicted molar refractivity (Wildman–Crippen MR) is 82.8 cm³/mol. The van der Waals surface area contributed by atoms with Crippen molar-refractivity contribution in [3.8, 4) is 0 Å². The zero-order chi connectivity index (χ0) is 15.8. The van der Waals surface area contributed by atoms with Gasteiger partial charge in [0.05, 0.1) is 6.61 Å². The lowest BCUT2D eigenvalue weighted by Crippen LogP contribution is -2.13. The van der Waals surface area contributed by atoms with Gasteiger partial charge in [-0.1, -0.05) is 42.5 Å². The van der Waals surface area contributed by atoms with Gasteiger partial charge in [-0.15, -0.1) is 0 Å². The van der Waals surface area contributed by atoms with Gasteiger partial charge < -0.3 is 9.84 Å². The first-order valence-corrected chi connectivity index (χ1v) is 6.73. The first-order chi connectivity index (χ1) is 10.7. The molecule has 0 saturated heterocycles. The lowest BCUT2D eigenvalue weighted by atomic mass is 10.2. The number of hydrogen-bond donors (Lipinski definition) is 2. The molecule has 2 N–H and O–H groups in total. The number of hydrogen-bond acceptors (Lipinski definition) is 3. The molecule has 0 unspecified atom stereocenters. The maximum Gasteiger partial charge on any atom is 0.411 e. The second kappa shape index (κ2) is 7.95. The number of aliphatic hydroxyl groups is 1. The number of benzene rings is 2. The molecular formula is C17H16FNO3. The van der Waals surface area contributed by atoms with E-state index < -0.39 is 11.9 Å². The van der Waals surface area contributed by atoms with Crippen LogP contribution in [0.4, 0.5) is 14.9 Å². The van der Waals surface area contributed by atoms with Gasteiger partial charge >= 0.3 is 6.09 Å². The standard InChI is InChI=1S/C17H16FNO3/c18-16-11-15(9-8-14(16)7-4-10-20)19-17(21)22-12-13-5-2-1-3-6-13/h1-9,11,20H,10,12H2,(H,19,21)/b7-4+. The summed E-state index contributed by atoms with van der Waals surface area (Å²) < 4.78 is 18.8. The van der Waals surface area contributed by atoms with Crippen molar-refractivity contribution >= 4 is 17.9 Å². The Bertz CT molecular complexity index is 656. The number of nitrogens with one attached hydrogen (secondary N) is 1. The number of halogens is 1. The summed E-state index contributed by atoms with van der Waals surface area (Å²) in [6, 6.07) is 13.5. The summed E-state index contributed by atoms with van der Waals surface area (Å²) >= 11 is 0. The van der Waals surface area contributed by atoms with E-state index in [0.717, 1.165) is 5.56 Å². The van der Waals surface area contributed by atoms with Crippen LogP contribution in [0.5, 0.6) is 0 Å². The van der Waals surface area contributed by atoms with Crippen molar-refractivity contribution in [3.63, 3.8) is 0 Å². The van der Waals surface area contributed by atoms with E-state index in [0.29, 0.717) is 11.3 Å². The second-order valence-corrected chi connectivity index (χ2v) is 4.51. The number of carbonyl (C=O) groups is 1. The average Bonchev–Trinajstić information content (AvgIpc) is 2.53. The van der Waals surface area contributed by atoms with E-state index in [4.69, 9.17) is 9.84 Å². The minimum atomic E-state index is -0.651. The molecule has 0 saturated carbocycles. The van der Waals surface area contributed by atoms with Crippen molar-refractivity contribution in [1.82, 2.24) is 0 Å². The van der Waals surface area contributed by atoms with Crippen LogP contribution in [0.1, 0.15) is 11.1 Å². The lowest BCUT2D eigenvalue weighted by molar-refractivity contribution is 0.155. The highest BCUT2D eigenvalue weighted by atomic mass is 19.1. The molecule has 0 atom stereocenters. The predicted octanol–water partition coefficient (Wildman–Crippen LogP) is 3.58. The SMILES string of the molecule is O=C(Nc1ccc(/C=C/CO)c(F)c1)OCc1ccccc1. The third-order valence-corrected chi connectivity index (χ3v) is 2.86. The number of ether oxygens (including phenoxy) is 1. The molecule has 4 nitrogen and oxygen atoms in total. The Morgan fingerprint density at radius 2 is 2.00 bits per heavy atom. The molecule has 5 heteroatoms. The first-order valence-electron chi connectivity index (χ1n) is 6.73. The fraction of sp³-hybridized carbons (Fsp3) is 0.118. The molecule has 22 heavy (non-hydrogen) atoms. The summed E-state index contributed by atoms with van der Waals surface area (Å²) in [4.78, 5) is 11.7. The zero-order valence-corrected chi connectivity index (χ0v) is 11.8. The monoisotopic (exact) mass is 301 g/mol. The van der Waals surface area contributed by atoms with Crippen molar-refractivity contribution in [2.75, 3.05) is 11.9 Å². The molecule has 0 heterocycles. The molecular weight excluding hydrogens is 285 g/mol. The van der Waals surface area contributed by atoms with E-state index in [1.54, 1.807) is 6.07 Å². The van der Waals surface area contributed by atoms with Crippen LogP contribution in [0.25, 0.3) is 6.08 Å². The van der Waals surface area contributed by atoms with E-state index >= 15 is 0 Å². The maximum absolute atomic E-state index is 13.7. The molecule has 2 rings (SSSR count). The van der Waals surface area contributed by atoms with Crippen LogP contribution < -0.4 is 5.32 Å². The second-order valence-electron chi connectivity index (χ2n) is 4.51. The molecule has 0 aromatic heterocycles. The van der Waals surface area contributed by atoms with Crippen LogP contribution in [0.2, 0.25) is 0 Å². The normalized spacial score (nSPS) is 10.6. The molecule has 114 valence electrons. The van der Waals surface area contributed by atoms with Crippen LogP contribution in [0.15, 0.2) is 54.6 Å². The topological polar surface area (TPSA) is 58.6 Å². The minimum Gasteiger partial charge on any atom is -0.444 e. The highest BCUT2D eigenvalue weighted by molar-refractivity contribution is 5.84. The van der Waals surface area contributed by atoms with Crippen molar-refractivity contribution in [1.29, 1.82) is 0 Å². The zero-order valence-electron chi connectivity index (χ0n) is 11.8. The summed E-state index contributed by atoms with van der Waals surface area (Å²) in [6.07, 6.45) is 2.24. The van der Waals surface area contributed by atoms with E-state index in [1.807, 2.05) is 30.3 Å². The molecule has 0 fully saturated rings. The Hall–Kier alpha value is -2.66. The van der Waals surface area contributed by atoms with Gasteiger partial charge in [-0.25, -0.2) is 9.18 Å². The van der Waals surface area contributed by atoms with Crippen LogP contribution in [0, 0.1) is 5.82 Å². The molecule has 0 radical (unpaired) electrons. The van der Waals surface area contributed by atoms with Crippen molar-refractivity contribution in [3.05, 3.63) is 71.6 Å². The molecule has 2 aromatic carbocycles. The van der Waals surface area contributed by atoms with Gasteiger partial charge in [-0.2, -0.15) is 0 Å². The summed E-state index contributed by atoms with van der Waals surface area (Å²) in [5.74, 6) is -0.495. The average molecular weight is 301 g/mol. The molecule has 0 spiro atoms. The van der Waals surface area contributed by atoms with Crippen LogP contribution in [-0.2, 0) is 11.3 Å². The fourth-order valence-electron chi connectivity index (χ4n) is 1.80. The summed E-state index contributed by atoms with van der Waals surface area (Å²) in [5, 5.41) is 11.1. The molecule has 0 aliphatic rings. The smallest absolute Gasteiger partial charge is 0.411 e. The Labute approximate surface area is 127 Å². The molecule has 2 aromatic rings. The Balaban J connectivity index is 1.91. The quantitative estimate of drug-likeness (QED) is 0.887. The fourth-order valence-corrected chi connectivity index (χ4v) is 1.80. The highest BCUT2D eigenvalue weighted by Crippen LogP contribution is 2.16. The molecule has 0 aliphatic heterocycles. The third kappa shape index (κ3) is 4.71. The van der Waals surface area contributed by atoms with Gasteiger partial charge in [0, 0.05) is 11.3 Å². The van der Waals surface area contributed by atoms with Gasteiger partial charge in [0.2, 0.25) is 0 Å². The number of aliphatic hydroxyl groups excluding tert-OH is 1.